The molecule has 0 aliphatic carbocycles. The minimum atomic E-state index is -0.382. The number of aliphatic hydroxyl groups is 1. The highest BCUT2D eigenvalue weighted by atomic mass is 32.1. The van der Waals surface area contributed by atoms with Crippen molar-refractivity contribution in [3.63, 3.8) is 0 Å². The predicted molar refractivity (Wildman–Crippen MR) is 67.0 cm³/mol. The van der Waals surface area contributed by atoms with Crippen LogP contribution in [0.15, 0.2) is 5.38 Å². The standard InChI is InChI=1S/C12H21NO2S/c1-12(2,3)10-8-16-11(13-10)6-5-9(14)7-15-4/h8-9,14H,5-7H2,1-4H3. The Balaban J connectivity index is 2.47. The number of aryl methyl sites for hydroxylation is 1. The highest BCUT2D eigenvalue weighted by molar-refractivity contribution is 7.09. The van der Waals surface area contributed by atoms with Crippen molar-refractivity contribution in [2.45, 2.75) is 45.1 Å². The van der Waals surface area contributed by atoms with E-state index in [0.29, 0.717) is 13.0 Å². The van der Waals surface area contributed by atoms with Gasteiger partial charge in [0.15, 0.2) is 0 Å². The van der Waals surface area contributed by atoms with E-state index in [1.54, 1.807) is 18.4 Å². The Labute approximate surface area is 101 Å². The van der Waals surface area contributed by atoms with E-state index in [4.69, 9.17) is 4.74 Å². The van der Waals surface area contributed by atoms with E-state index in [1.165, 1.54) is 0 Å². The van der Waals surface area contributed by atoms with Crippen molar-refractivity contribution >= 4 is 11.3 Å². The van der Waals surface area contributed by atoms with Crippen LogP contribution in [0.25, 0.3) is 0 Å². The van der Waals surface area contributed by atoms with Crippen LogP contribution in [-0.4, -0.2) is 29.9 Å². The van der Waals surface area contributed by atoms with Crippen LogP contribution in [0.2, 0.25) is 0 Å². The van der Waals surface area contributed by atoms with Crippen molar-refractivity contribution in [2.24, 2.45) is 0 Å². The van der Waals surface area contributed by atoms with Gasteiger partial charge in [-0.15, -0.1) is 11.3 Å². The molecule has 1 heterocycles. The molecule has 1 aromatic heterocycles. The molecule has 1 aromatic rings. The predicted octanol–water partition coefficient (Wildman–Crippen LogP) is 2.38. The van der Waals surface area contributed by atoms with Crippen LogP contribution in [0.1, 0.15) is 37.9 Å². The molecule has 0 saturated heterocycles. The first-order chi connectivity index (χ1) is 7.43. The Hall–Kier alpha value is -0.450. The number of rotatable bonds is 5. The van der Waals surface area contributed by atoms with Crippen LogP contribution < -0.4 is 0 Å². The summed E-state index contributed by atoms with van der Waals surface area (Å²) in [4.78, 5) is 4.58. The Morgan fingerprint density at radius 3 is 2.69 bits per heavy atom. The molecular weight excluding hydrogens is 222 g/mol. The van der Waals surface area contributed by atoms with Crippen molar-refractivity contribution in [1.29, 1.82) is 0 Å². The average molecular weight is 243 g/mol. The van der Waals surface area contributed by atoms with Gasteiger partial charge in [-0.25, -0.2) is 4.98 Å². The second-order valence-electron chi connectivity index (χ2n) is 5.02. The number of methoxy groups -OCH3 is 1. The van der Waals surface area contributed by atoms with Gasteiger partial charge in [-0.2, -0.15) is 0 Å². The quantitative estimate of drug-likeness (QED) is 0.863. The summed E-state index contributed by atoms with van der Waals surface area (Å²) in [6.45, 7) is 6.88. The molecule has 0 radical (unpaired) electrons. The molecule has 1 N–H and O–H groups in total. The first kappa shape index (κ1) is 13.6. The number of ether oxygens (including phenoxy) is 1. The van der Waals surface area contributed by atoms with Crippen molar-refractivity contribution in [2.75, 3.05) is 13.7 Å². The Kier molecular flexibility index (Phi) is 4.89. The summed E-state index contributed by atoms with van der Waals surface area (Å²) >= 11 is 1.67. The SMILES string of the molecule is COCC(O)CCc1nc(C(C)(C)C)cs1. The van der Waals surface area contributed by atoms with Crippen LogP contribution in [0.3, 0.4) is 0 Å². The van der Waals surface area contributed by atoms with Crippen molar-refractivity contribution < 1.29 is 9.84 Å². The molecule has 0 spiro atoms. The van der Waals surface area contributed by atoms with E-state index in [0.717, 1.165) is 17.1 Å². The number of hydrogen-bond acceptors (Lipinski definition) is 4. The molecule has 0 aromatic carbocycles. The summed E-state index contributed by atoms with van der Waals surface area (Å²) in [7, 11) is 1.60. The summed E-state index contributed by atoms with van der Waals surface area (Å²) in [5.41, 5.74) is 1.24. The minimum Gasteiger partial charge on any atom is -0.391 e. The van der Waals surface area contributed by atoms with Crippen LogP contribution in [0.5, 0.6) is 0 Å². The molecule has 1 unspecified atom stereocenters. The van der Waals surface area contributed by atoms with Gasteiger partial charge in [0.1, 0.15) is 0 Å². The molecule has 0 aliphatic rings. The van der Waals surface area contributed by atoms with Gasteiger partial charge in [-0.05, 0) is 6.42 Å². The van der Waals surface area contributed by atoms with Gasteiger partial charge in [0, 0.05) is 24.3 Å². The molecule has 1 atom stereocenters. The van der Waals surface area contributed by atoms with E-state index >= 15 is 0 Å². The summed E-state index contributed by atoms with van der Waals surface area (Å²) in [6, 6.07) is 0. The first-order valence-corrected chi connectivity index (χ1v) is 6.43. The molecule has 0 amide bonds. The van der Waals surface area contributed by atoms with E-state index in [9.17, 15) is 5.11 Å². The summed E-state index contributed by atoms with van der Waals surface area (Å²) < 4.78 is 4.88. The van der Waals surface area contributed by atoms with Gasteiger partial charge >= 0.3 is 0 Å². The Bertz CT molecular complexity index is 317. The third-order valence-electron chi connectivity index (χ3n) is 2.37. The van der Waals surface area contributed by atoms with Crippen LogP contribution in [0.4, 0.5) is 0 Å². The van der Waals surface area contributed by atoms with E-state index in [2.05, 4.69) is 31.1 Å². The zero-order valence-electron chi connectivity index (χ0n) is 10.5. The minimum absolute atomic E-state index is 0.111. The highest BCUT2D eigenvalue weighted by Gasteiger charge is 2.17. The molecule has 4 heteroatoms. The Morgan fingerprint density at radius 2 is 2.19 bits per heavy atom. The van der Waals surface area contributed by atoms with Gasteiger partial charge in [0.2, 0.25) is 0 Å². The lowest BCUT2D eigenvalue weighted by Gasteiger charge is -2.14. The Morgan fingerprint density at radius 1 is 1.50 bits per heavy atom. The van der Waals surface area contributed by atoms with E-state index in [-0.39, 0.29) is 11.5 Å². The number of aliphatic hydroxyl groups excluding tert-OH is 1. The molecule has 0 aliphatic heterocycles. The molecule has 0 saturated carbocycles. The van der Waals surface area contributed by atoms with Gasteiger partial charge in [-0.1, -0.05) is 20.8 Å². The lowest BCUT2D eigenvalue weighted by molar-refractivity contribution is 0.0595. The fourth-order valence-electron chi connectivity index (χ4n) is 1.34. The van der Waals surface area contributed by atoms with Gasteiger partial charge < -0.3 is 9.84 Å². The summed E-state index contributed by atoms with van der Waals surface area (Å²) in [5.74, 6) is 0. The third-order valence-corrected chi connectivity index (χ3v) is 3.28. The van der Waals surface area contributed by atoms with Crippen LogP contribution in [0, 0.1) is 0 Å². The normalized spacial score (nSPS) is 14.1. The zero-order chi connectivity index (χ0) is 12.2. The van der Waals surface area contributed by atoms with Gasteiger partial charge in [0.05, 0.1) is 23.4 Å². The second-order valence-corrected chi connectivity index (χ2v) is 5.97. The van der Waals surface area contributed by atoms with Crippen LogP contribution in [-0.2, 0) is 16.6 Å². The number of thiazole rings is 1. The van der Waals surface area contributed by atoms with Crippen molar-refractivity contribution in [3.8, 4) is 0 Å². The highest BCUT2D eigenvalue weighted by Crippen LogP contribution is 2.24. The largest absolute Gasteiger partial charge is 0.391 e. The molecule has 3 nitrogen and oxygen atoms in total. The molecule has 92 valence electrons. The lowest BCUT2D eigenvalue weighted by atomic mass is 9.93. The molecular formula is C12H21NO2S. The molecule has 1 rings (SSSR count). The first-order valence-electron chi connectivity index (χ1n) is 5.55. The average Bonchev–Trinajstić information content (AvgIpc) is 2.63. The monoisotopic (exact) mass is 243 g/mol. The maximum Gasteiger partial charge on any atom is 0.0929 e. The fraction of sp³-hybridized carbons (Fsp3) is 0.750. The van der Waals surface area contributed by atoms with Crippen molar-refractivity contribution in [1.82, 2.24) is 4.98 Å². The van der Waals surface area contributed by atoms with E-state index in [1.807, 2.05) is 0 Å². The smallest absolute Gasteiger partial charge is 0.0929 e. The maximum absolute atomic E-state index is 9.53. The van der Waals surface area contributed by atoms with Crippen molar-refractivity contribution in [3.05, 3.63) is 16.1 Å². The van der Waals surface area contributed by atoms with E-state index < -0.39 is 0 Å². The maximum atomic E-state index is 9.53. The molecule has 16 heavy (non-hydrogen) atoms. The zero-order valence-corrected chi connectivity index (χ0v) is 11.3. The second kappa shape index (κ2) is 5.75. The number of aromatic nitrogens is 1. The lowest BCUT2D eigenvalue weighted by Crippen LogP contribution is -2.15. The molecule has 0 bridgehead atoms. The number of nitrogens with zero attached hydrogens (tertiary/aromatic N) is 1. The topological polar surface area (TPSA) is 42.4 Å². The van der Waals surface area contributed by atoms with Gasteiger partial charge in [-0.3, -0.25) is 0 Å². The third kappa shape index (κ3) is 4.20. The van der Waals surface area contributed by atoms with Crippen LogP contribution >= 0.6 is 11.3 Å². The summed E-state index contributed by atoms with van der Waals surface area (Å²) in [6.07, 6.45) is 1.16. The number of hydrogen-bond donors (Lipinski definition) is 1. The summed E-state index contributed by atoms with van der Waals surface area (Å²) in [5, 5.41) is 12.7. The van der Waals surface area contributed by atoms with Gasteiger partial charge in [0.25, 0.3) is 0 Å². The fourth-order valence-corrected chi connectivity index (χ4v) is 2.38. The molecule has 0 fully saturated rings.